The van der Waals surface area contributed by atoms with Crippen LogP contribution in [0.25, 0.3) is 0 Å². The molecule has 0 aliphatic heterocycles. The average Bonchev–Trinajstić information content (AvgIpc) is 2.78. The van der Waals surface area contributed by atoms with Gasteiger partial charge in [-0.3, -0.25) is 9.78 Å². The van der Waals surface area contributed by atoms with Crippen LogP contribution in [0.1, 0.15) is 25.1 Å². The molecule has 1 rings (SSSR count). The molecule has 4 nitrogen and oxygen atoms in total. The van der Waals surface area contributed by atoms with Gasteiger partial charge in [0.1, 0.15) is 0 Å². The first-order valence-corrected chi connectivity index (χ1v) is 6.20. The summed E-state index contributed by atoms with van der Waals surface area (Å²) in [6.45, 7) is 4.76. The van der Waals surface area contributed by atoms with Gasteiger partial charge in [-0.1, -0.05) is 6.92 Å². The molecule has 90 valence electrons. The fourth-order valence-electron chi connectivity index (χ4n) is 1.52. The highest BCUT2D eigenvalue weighted by molar-refractivity contribution is 7.09. The minimum atomic E-state index is -0.147. The summed E-state index contributed by atoms with van der Waals surface area (Å²) in [6, 6.07) is 0.288. The maximum atomic E-state index is 11.2. The zero-order valence-electron chi connectivity index (χ0n) is 9.90. The van der Waals surface area contributed by atoms with Crippen LogP contribution < -0.4 is 5.32 Å². The third-order valence-corrected chi connectivity index (χ3v) is 3.20. The van der Waals surface area contributed by atoms with Gasteiger partial charge in [-0.2, -0.15) is 0 Å². The summed E-state index contributed by atoms with van der Waals surface area (Å²) in [5.41, 5.74) is 1.82. The van der Waals surface area contributed by atoms with Crippen LogP contribution in [0.3, 0.4) is 0 Å². The van der Waals surface area contributed by atoms with Gasteiger partial charge >= 0.3 is 5.97 Å². The van der Waals surface area contributed by atoms with E-state index in [9.17, 15) is 4.79 Å². The molecule has 0 aliphatic carbocycles. The molecular formula is C11H18N2O2S. The summed E-state index contributed by atoms with van der Waals surface area (Å²) in [7, 11) is 1.42. The maximum absolute atomic E-state index is 11.2. The Hall–Kier alpha value is -0.940. The van der Waals surface area contributed by atoms with E-state index in [1.807, 2.05) is 18.6 Å². The minimum Gasteiger partial charge on any atom is -0.469 e. The Labute approximate surface area is 100 Å². The summed E-state index contributed by atoms with van der Waals surface area (Å²) in [4.78, 5) is 16.4. The predicted octanol–water partition coefficient (Wildman–Crippen LogP) is 1.82. The monoisotopic (exact) mass is 242 g/mol. The van der Waals surface area contributed by atoms with E-state index in [2.05, 4.69) is 22.0 Å². The van der Waals surface area contributed by atoms with Crippen molar-refractivity contribution in [2.75, 3.05) is 7.11 Å². The highest BCUT2D eigenvalue weighted by Gasteiger charge is 2.16. The van der Waals surface area contributed by atoms with Gasteiger partial charge in [0, 0.05) is 23.7 Å². The molecule has 2 atom stereocenters. The van der Waals surface area contributed by atoms with E-state index < -0.39 is 0 Å². The lowest BCUT2D eigenvalue weighted by Crippen LogP contribution is -2.29. The fourth-order valence-corrected chi connectivity index (χ4v) is 2.06. The Bertz CT molecular complexity index is 314. The number of rotatable bonds is 6. The Balaban J connectivity index is 2.25. The van der Waals surface area contributed by atoms with Gasteiger partial charge in [-0.15, -0.1) is 11.3 Å². The smallest absolute Gasteiger partial charge is 0.308 e. The van der Waals surface area contributed by atoms with Crippen molar-refractivity contribution in [3.05, 3.63) is 16.6 Å². The van der Waals surface area contributed by atoms with Crippen LogP contribution in [-0.4, -0.2) is 24.1 Å². The predicted molar refractivity (Wildman–Crippen MR) is 64.2 cm³/mol. The van der Waals surface area contributed by atoms with Crippen molar-refractivity contribution in [2.24, 2.45) is 5.92 Å². The van der Waals surface area contributed by atoms with E-state index in [0.717, 1.165) is 13.0 Å². The number of thiazole rings is 1. The molecule has 0 saturated carbocycles. The standard InChI is InChI=1S/C11H18N2O2S/c1-8(11(14)15-3)4-9(2)13-6-10-5-12-7-16-10/h5,7-9,13H,4,6H2,1-3H3. The van der Waals surface area contributed by atoms with Crippen LogP contribution in [0, 0.1) is 5.92 Å². The second-order valence-corrected chi connectivity index (χ2v) is 4.88. The van der Waals surface area contributed by atoms with Crippen molar-refractivity contribution >= 4 is 17.3 Å². The summed E-state index contributed by atoms with van der Waals surface area (Å²) < 4.78 is 4.69. The Morgan fingerprint density at radius 2 is 2.38 bits per heavy atom. The topological polar surface area (TPSA) is 51.2 Å². The zero-order valence-corrected chi connectivity index (χ0v) is 10.7. The second-order valence-electron chi connectivity index (χ2n) is 3.91. The Morgan fingerprint density at radius 3 is 2.94 bits per heavy atom. The average molecular weight is 242 g/mol. The van der Waals surface area contributed by atoms with Crippen molar-refractivity contribution in [3.8, 4) is 0 Å². The van der Waals surface area contributed by atoms with Gasteiger partial charge < -0.3 is 10.1 Å². The van der Waals surface area contributed by atoms with E-state index in [-0.39, 0.29) is 17.9 Å². The molecule has 1 aromatic heterocycles. The molecule has 0 amide bonds. The van der Waals surface area contributed by atoms with Crippen LogP contribution in [0.15, 0.2) is 11.7 Å². The Kier molecular flexibility index (Phi) is 5.42. The molecule has 1 aromatic rings. The first-order chi connectivity index (χ1) is 7.63. The van der Waals surface area contributed by atoms with Gasteiger partial charge in [0.25, 0.3) is 0 Å². The number of aromatic nitrogens is 1. The van der Waals surface area contributed by atoms with Crippen molar-refractivity contribution in [2.45, 2.75) is 32.9 Å². The lowest BCUT2D eigenvalue weighted by atomic mass is 10.0. The molecule has 2 unspecified atom stereocenters. The molecule has 0 fully saturated rings. The maximum Gasteiger partial charge on any atom is 0.308 e. The van der Waals surface area contributed by atoms with Crippen molar-refractivity contribution in [1.29, 1.82) is 0 Å². The van der Waals surface area contributed by atoms with E-state index >= 15 is 0 Å². The molecule has 16 heavy (non-hydrogen) atoms. The SMILES string of the molecule is COC(=O)C(C)CC(C)NCc1cncs1. The lowest BCUT2D eigenvalue weighted by Gasteiger charge is -2.16. The number of hydrogen-bond donors (Lipinski definition) is 1. The number of hydrogen-bond acceptors (Lipinski definition) is 5. The van der Waals surface area contributed by atoms with Crippen LogP contribution in [0.5, 0.6) is 0 Å². The van der Waals surface area contributed by atoms with Gasteiger partial charge in [0.15, 0.2) is 0 Å². The molecule has 5 heteroatoms. The molecule has 0 saturated heterocycles. The minimum absolute atomic E-state index is 0.0611. The van der Waals surface area contributed by atoms with E-state index in [4.69, 9.17) is 0 Å². The molecule has 1 heterocycles. The first-order valence-electron chi connectivity index (χ1n) is 5.32. The molecule has 0 bridgehead atoms. The fraction of sp³-hybridized carbons (Fsp3) is 0.636. The highest BCUT2D eigenvalue weighted by atomic mass is 32.1. The van der Waals surface area contributed by atoms with Crippen LogP contribution >= 0.6 is 11.3 Å². The van der Waals surface area contributed by atoms with Crippen LogP contribution in [0.2, 0.25) is 0 Å². The molecule has 0 radical (unpaired) electrons. The number of carbonyl (C=O) groups excluding carboxylic acids is 1. The highest BCUT2D eigenvalue weighted by Crippen LogP contribution is 2.09. The van der Waals surface area contributed by atoms with E-state index in [0.29, 0.717) is 0 Å². The first kappa shape index (κ1) is 13.1. The van der Waals surface area contributed by atoms with Crippen molar-refractivity contribution in [3.63, 3.8) is 0 Å². The number of ether oxygens (including phenoxy) is 1. The lowest BCUT2D eigenvalue weighted by molar-refractivity contribution is -0.145. The normalized spacial score (nSPS) is 14.4. The largest absolute Gasteiger partial charge is 0.469 e. The van der Waals surface area contributed by atoms with Crippen molar-refractivity contribution < 1.29 is 9.53 Å². The third-order valence-electron chi connectivity index (χ3n) is 2.42. The third kappa shape index (κ3) is 4.28. The quantitative estimate of drug-likeness (QED) is 0.773. The number of nitrogens with zero attached hydrogens (tertiary/aromatic N) is 1. The van der Waals surface area contributed by atoms with Crippen LogP contribution in [-0.2, 0) is 16.1 Å². The molecule has 1 N–H and O–H groups in total. The number of nitrogens with one attached hydrogen (secondary N) is 1. The van der Waals surface area contributed by atoms with Crippen molar-refractivity contribution in [1.82, 2.24) is 10.3 Å². The zero-order chi connectivity index (χ0) is 12.0. The summed E-state index contributed by atoms with van der Waals surface area (Å²) >= 11 is 1.63. The van der Waals surface area contributed by atoms with Gasteiger partial charge in [0.05, 0.1) is 18.5 Å². The number of carbonyl (C=O) groups is 1. The molecular weight excluding hydrogens is 224 g/mol. The molecule has 0 aliphatic rings. The molecule has 0 spiro atoms. The van der Waals surface area contributed by atoms with Gasteiger partial charge in [-0.25, -0.2) is 0 Å². The number of methoxy groups -OCH3 is 1. The summed E-state index contributed by atoms with van der Waals surface area (Å²) in [5, 5.41) is 3.36. The summed E-state index contributed by atoms with van der Waals surface area (Å²) in [6.07, 6.45) is 2.64. The van der Waals surface area contributed by atoms with E-state index in [1.165, 1.54) is 12.0 Å². The Morgan fingerprint density at radius 1 is 1.62 bits per heavy atom. The number of esters is 1. The van der Waals surface area contributed by atoms with Gasteiger partial charge in [0.2, 0.25) is 0 Å². The summed E-state index contributed by atoms with van der Waals surface area (Å²) in [5.74, 6) is -0.208. The van der Waals surface area contributed by atoms with Crippen LogP contribution in [0.4, 0.5) is 0 Å². The second kappa shape index (κ2) is 6.60. The molecule has 0 aromatic carbocycles. The van der Waals surface area contributed by atoms with E-state index in [1.54, 1.807) is 11.3 Å². The van der Waals surface area contributed by atoms with Gasteiger partial charge in [-0.05, 0) is 13.3 Å².